The summed E-state index contributed by atoms with van der Waals surface area (Å²) in [5, 5.41) is 23.0. The van der Waals surface area contributed by atoms with Crippen LogP contribution in [-0.4, -0.2) is 97.5 Å². The molecule has 18 nitrogen and oxygen atoms in total. The van der Waals surface area contributed by atoms with E-state index in [0.717, 1.165) is 0 Å². The average molecular weight is 957 g/mol. The predicted octanol–water partition coefficient (Wildman–Crippen LogP) is 5.09. The summed E-state index contributed by atoms with van der Waals surface area (Å²) in [5.74, 6) is -2.95. The first kappa shape index (κ1) is 46.3. The first-order chi connectivity index (χ1) is 33.5. The molecule has 2 aromatic heterocycles. The molecule has 5 heterocycles. The molecular weight excluding hydrogens is 914 g/mol. The second-order valence-corrected chi connectivity index (χ2v) is 16.7. The molecule has 6 aromatic rings. The van der Waals surface area contributed by atoms with Gasteiger partial charge in [-0.15, -0.1) is 5.10 Å². The van der Waals surface area contributed by atoms with Gasteiger partial charge in [-0.2, -0.15) is 0 Å². The number of anilines is 3. The highest BCUT2D eigenvalue weighted by Crippen LogP contribution is 2.36. The number of ether oxygens (including phenoxy) is 1. The number of fused-ring (bicyclic) bond motifs is 4. The number of hydrogen-bond donors (Lipinski definition) is 5. The lowest BCUT2D eigenvalue weighted by molar-refractivity contribution is -0.137. The molecule has 1 unspecified atom stereocenters. The van der Waals surface area contributed by atoms with Gasteiger partial charge in [0.05, 0.1) is 56.0 Å². The Kier molecular flexibility index (Phi) is 13.8. The van der Waals surface area contributed by atoms with E-state index >= 15 is 0 Å². The molecule has 69 heavy (non-hydrogen) atoms. The predicted molar refractivity (Wildman–Crippen MR) is 249 cm³/mol. The van der Waals surface area contributed by atoms with Crippen LogP contribution in [0, 0.1) is 11.6 Å². The van der Waals surface area contributed by atoms with Gasteiger partial charge in [-0.3, -0.25) is 34.3 Å². The van der Waals surface area contributed by atoms with Crippen molar-refractivity contribution < 1.29 is 37.5 Å². The van der Waals surface area contributed by atoms with Crippen LogP contribution in [0.1, 0.15) is 67.9 Å². The minimum atomic E-state index is -0.746. The summed E-state index contributed by atoms with van der Waals surface area (Å²) in [7, 11) is 0. The maximum Gasteiger partial charge on any atom is 0.255 e. The van der Waals surface area contributed by atoms with Crippen LogP contribution in [0.3, 0.4) is 0 Å². The number of halogens is 3. The molecule has 0 spiro atoms. The summed E-state index contributed by atoms with van der Waals surface area (Å²) in [6, 6.07) is 19.7. The number of carbonyl (C=O) groups is 5. The van der Waals surface area contributed by atoms with Crippen LogP contribution in [0.5, 0.6) is 0 Å². The number of hydrogen-bond acceptors (Lipinski definition) is 13. The molecule has 1 atom stereocenters. The van der Waals surface area contributed by atoms with Crippen molar-refractivity contribution in [1.82, 2.24) is 45.8 Å². The molecule has 3 aliphatic heterocycles. The van der Waals surface area contributed by atoms with Crippen molar-refractivity contribution in [3.63, 3.8) is 0 Å². The Balaban J connectivity index is 0.681. The standard InChI is InChI=1S/C48H43ClF2N12O6/c49-29-9-12-32-34(21-29)44(42-36(50)4-2-5-37(42)51)53-22-28-23-55-48(59-43(28)32)56-30-10-7-27(8-11-30)45(66)54-24-31-25-62(61-60-31)18-20-69-19-17-52-16-15-41(65)57-38-6-1-3-33-35(38)26-63(47(33)68)39-13-14-40(64)58-46(39)67/h1-12,21,23,25,39,52H,13-20,22,24,26H2,(H,54,66)(H,57,65)(H,55,56,59)(H,58,64,67). The highest BCUT2D eigenvalue weighted by atomic mass is 35.5. The van der Waals surface area contributed by atoms with Crippen molar-refractivity contribution >= 4 is 64.2 Å². The van der Waals surface area contributed by atoms with Gasteiger partial charge in [0.2, 0.25) is 23.7 Å². The van der Waals surface area contributed by atoms with Crippen molar-refractivity contribution in [3.8, 4) is 11.3 Å². The molecular formula is C48H43ClF2N12O6. The van der Waals surface area contributed by atoms with Crippen molar-refractivity contribution in [2.24, 2.45) is 4.99 Å². The summed E-state index contributed by atoms with van der Waals surface area (Å²) in [4.78, 5) is 78.0. The highest BCUT2D eigenvalue weighted by molar-refractivity contribution is 6.31. The Morgan fingerprint density at radius 2 is 1.74 bits per heavy atom. The van der Waals surface area contributed by atoms with Crippen LogP contribution in [0.4, 0.5) is 26.1 Å². The van der Waals surface area contributed by atoms with Gasteiger partial charge in [-0.05, 0) is 67.1 Å². The van der Waals surface area contributed by atoms with E-state index in [1.54, 1.807) is 77.7 Å². The Morgan fingerprint density at radius 1 is 0.928 bits per heavy atom. The summed E-state index contributed by atoms with van der Waals surface area (Å²) >= 11 is 6.35. The van der Waals surface area contributed by atoms with E-state index in [1.165, 1.54) is 23.1 Å². The molecule has 5 amide bonds. The molecule has 1 saturated heterocycles. The number of nitrogens with one attached hydrogen (secondary N) is 5. The normalized spacial score (nSPS) is 15.1. The van der Waals surface area contributed by atoms with Crippen LogP contribution >= 0.6 is 11.6 Å². The van der Waals surface area contributed by atoms with E-state index in [-0.39, 0.29) is 79.7 Å². The van der Waals surface area contributed by atoms with Gasteiger partial charge in [-0.25, -0.2) is 23.4 Å². The fourth-order valence-electron chi connectivity index (χ4n) is 8.20. The number of nitrogens with zero attached hydrogens (tertiary/aromatic N) is 7. The number of amides is 5. The third kappa shape index (κ3) is 10.5. The molecule has 0 saturated carbocycles. The fraction of sp³-hybridized carbons (Fsp3) is 0.250. The minimum Gasteiger partial charge on any atom is -0.378 e. The fourth-order valence-corrected chi connectivity index (χ4v) is 8.38. The van der Waals surface area contributed by atoms with Gasteiger partial charge >= 0.3 is 0 Å². The van der Waals surface area contributed by atoms with Gasteiger partial charge in [0, 0.05) is 88.5 Å². The third-order valence-corrected chi connectivity index (χ3v) is 11.9. The van der Waals surface area contributed by atoms with Crippen LogP contribution < -0.4 is 26.6 Å². The second kappa shape index (κ2) is 20.6. The highest BCUT2D eigenvalue weighted by Gasteiger charge is 2.40. The summed E-state index contributed by atoms with van der Waals surface area (Å²) in [5.41, 5.74) is 5.21. The summed E-state index contributed by atoms with van der Waals surface area (Å²) in [6.07, 6.45) is 3.92. The lowest BCUT2D eigenvalue weighted by atomic mass is 9.95. The van der Waals surface area contributed by atoms with Crippen LogP contribution in [0.25, 0.3) is 11.3 Å². The molecule has 0 radical (unpaired) electrons. The van der Waals surface area contributed by atoms with Crippen LogP contribution in [0.15, 0.2) is 96.2 Å². The zero-order valence-electron chi connectivity index (χ0n) is 36.7. The van der Waals surface area contributed by atoms with Gasteiger partial charge in [0.25, 0.3) is 11.8 Å². The number of aliphatic imine (C=N–C) groups is 1. The SMILES string of the molecule is O=C1CCC(N2Cc3c(NC(=O)CCNCCOCCn4cc(CNC(=O)c5ccc(Nc6ncc7c(n6)-c6ccc(Cl)cc6C(c6c(F)cccc6F)=NC7)cc5)nn4)cccc3C2=O)C(=O)N1. The van der Waals surface area contributed by atoms with Crippen LogP contribution in [0.2, 0.25) is 5.02 Å². The quantitative estimate of drug-likeness (QED) is 0.0596. The van der Waals surface area contributed by atoms with Gasteiger partial charge in [-0.1, -0.05) is 35.0 Å². The van der Waals surface area contributed by atoms with E-state index in [9.17, 15) is 32.8 Å². The van der Waals surface area contributed by atoms with Crippen molar-refractivity contribution in [1.29, 1.82) is 0 Å². The molecule has 1 fully saturated rings. The first-order valence-corrected chi connectivity index (χ1v) is 22.4. The maximum atomic E-state index is 14.9. The van der Waals surface area contributed by atoms with Crippen molar-refractivity contribution in [3.05, 3.63) is 147 Å². The van der Waals surface area contributed by atoms with E-state index in [0.29, 0.717) is 94.0 Å². The first-order valence-electron chi connectivity index (χ1n) is 22.0. The summed E-state index contributed by atoms with van der Waals surface area (Å²) in [6.45, 7) is 2.46. The third-order valence-electron chi connectivity index (χ3n) is 11.7. The lowest BCUT2D eigenvalue weighted by Gasteiger charge is -2.29. The number of imide groups is 1. The van der Waals surface area contributed by atoms with E-state index in [2.05, 4.69) is 46.9 Å². The molecule has 21 heteroatoms. The maximum absolute atomic E-state index is 14.9. The lowest BCUT2D eigenvalue weighted by Crippen LogP contribution is -2.52. The number of rotatable bonds is 17. The van der Waals surface area contributed by atoms with E-state index in [1.807, 2.05) is 0 Å². The molecule has 0 bridgehead atoms. The molecule has 9 rings (SSSR count). The van der Waals surface area contributed by atoms with Crippen LogP contribution in [-0.2, 0) is 45.3 Å². The number of carbonyl (C=O) groups excluding carboxylic acids is 5. The minimum absolute atomic E-state index is 0.0792. The van der Waals surface area contributed by atoms with E-state index in [4.69, 9.17) is 21.3 Å². The number of benzene rings is 4. The molecule has 3 aliphatic rings. The van der Waals surface area contributed by atoms with Gasteiger partial charge in [0.15, 0.2) is 0 Å². The topological polar surface area (TPSA) is 227 Å². The monoisotopic (exact) mass is 956 g/mol. The van der Waals surface area contributed by atoms with Crippen molar-refractivity contribution in [2.45, 2.75) is 51.5 Å². The van der Waals surface area contributed by atoms with E-state index < -0.39 is 23.6 Å². The average Bonchev–Trinajstić information content (AvgIpc) is 3.90. The zero-order chi connectivity index (χ0) is 48.0. The largest absolute Gasteiger partial charge is 0.378 e. The molecule has 4 aromatic carbocycles. The Labute approximate surface area is 397 Å². The Morgan fingerprint density at radius 3 is 2.55 bits per heavy atom. The number of aromatic nitrogens is 5. The molecule has 5 N–H and O–H groups in total. The second-order valence-electron chi connectivity index (χ2n) is 16.3. The van der Waals surface area contributed by atoms with Crippen molar-refractivity contribution in [2.75, 3.05) is 36.9 Å². The smallest absolute Gasteiger partial charge is 0.255 e. The van der Waals surface area contributed by atoms with Gasteiger partial charge < -0.3 is 30.9 Å². The zero-order valence-corrected chi connectivity index (χ0v) is 37.5. The summed E-state index contributed by atoms with van der Waals surface area (Å²) < 4.78 is 37.2. The van der Waals surface area contributed by atoms with Gasteiger partial charge in [0.1, 0.15) is 23.4 Å². The molecule has 352 valence electrons. The Bertz CT molecular complexity index is 3000. The number of piperidine rings is 1. The Hall–Kier alpha value is -7.81. The molecule has 0 aliphatic carbocycles.